The predicted octanol–water partition coefficient (Wildman–Crippen LogP) is 0.870. The van der Waals surface area contributed by atoms with Crippen LogP contribution in [-0.4, -0.2) is 43.0 Å². The van der Waals surface area contributed by atoms with Crippen LogP contribution in [0.2, 0.25) is 0 Å². The third kappa shape index (κ3) is 4.08. The van der Waals surface area contributed by atoms with Gasteiger partial charge < -0.3 is 4.74 Å². The third-order valence-electron chi connectivity index (χ3n) is 3.97. The summed E-state index contributed by atoms with van der Waals surface area (Å²) in [7, 11) is -3.67. The minimum atomic E-state index is -3.67. The highest BCUT2D eigenvalue weighted by atomic mass is 32.2. The van der Waals surface area contributed by atoms with Gasteiger partial charge in [-0.15, -0.1) is 0 Å². The minimum Gasteiger partial charge on any atom is -0.492 e. The largest absolute Gasteiger partial charge is 0.492 e. The Balaban J connectivity index is 1.52. The van der Waals surface area contributed by atoms with E-state index in [0.717, 1.165) is 37.6 Å². The van der Waals surface area contributed by atoms with Crippen LogP contribution in [0.15, 0.2) is 35.4 Å². The fourth-order valence-electron chi connectivity index (χ4n) is 2.67. The molecule has 3 rings (SSSR count). The lowest BCUT2D eigenvalue weighted by Crippen LogP contribution is -2.34. The molecule has 2 N–H and O–H groups in total. The van der Waals surface area contributed by atoms with Gasteiger partial charge in [0.2, 0.25) is 10.0 Å². The summed E-state index contributed by atoms with van der Waals surface area (Å²) in [5.74, 6) is 1.42. The molecule has 1 aliphatic rings. The summed E-state index contributed by atoms with van der Waals surface area (Å²) < 4.78 is 28.1. The lowest BCUT2D eigenvalue weighted by Gasteiger charge is -2.27. The molecule has 0 saturated carbocycles. The van der Waals surface area contributed by atoms with Gasteiger partial charge >= 0.3 is 0 Å². The Hall–Kier alpha value is -2.03. The van der Waals surface area contributed by atoms with Crippen LogP contribution in [0.5, 0.6) is 5.75 Å². The molecule has 1 aromatic heterocycles. The molecule has 1 aliphatic heterocycles. The van der Waals surface area contributed by atoms with Crippen molar-refractivity contribution < 1.29 is 13.2 Å². The van der Waals surface area contributed by atoms with Gasteiger partial charge in [0.25, 0.3) is 0 Å². The molecule has 0 amide bonds. The molecule has 0 radical (unpaired) electrons. The van der Waals surface area contributed by atoms with E-state index < -0.39 is 10.0 Å². The second kappa shape index (κ2) is 6.84. The summed E-state index contributed by atoms with van der Waals surface area (Å²) in [6.07, 6.45) is 2.86. The Kier molecular flexibility index (Phi) is 4.79. The van der Waals surface area contributed by atoms with Crippen LogP contribution in [0.25, 0.3) is 0 Å². The molecular weight excluding hydrogens is 328 g/mol. The van der Waals surface area contributed by atoms with Gasteiger partial charge in [-0.2, -0.15) is 0 Å². The van der Waals surface area contributed by atoms with Gasteiger partial charge in [0, 0.05) is 25.8 Å². The molecule has 7 nitrogen and oxygen atoms in total. The van der Waals surface area contributed by atoms with E-state index in [9.17, 15) is 8.42 Å². The van der Waals surface area contributed by atoms with Crippen LogP contribution in [0.1, 0.15) is 17.1 Å². The SMILES string of the molecule is Cc1ncc2c(n1)CN(CCOc1ccc(S(N)(=O)=O)cc1)CC2. The first-order chi connectivity index (χ1) is 11.4. The van der Waals surface area contributed by atoms with Crippen molar-refractivity contribution in [3.8, 4) is 5.75 Å². The fraction of sp³-hybridized carbons (Fsp3) is 0.375. The summed E-state index contributed by atoms with van der Waals surface area (Å²) >= 11 is 0. The van der Waals surface area contributed by atoms with Crippen molar-refractivity contribution in [1.29, 1.82) is 0 Å². The Morgan fingerprint density at radius 1 is 1.29 bits per heavy atom. The summed E-state index contributed by atoms with van der Waals surface area (Å²) in [6.45, 7) is 4.95. The zero-order valence-electron chi connectivity index (χ0n) is 13.5. The zero-order valence-corrected chi connectivity index (χ0v) is 14.3. The molecule has 0 saturated heterocycles. The average molecular weight is 348 g/mol. The molecule has 128 valence electrons. The second-order valence-corrected chi connectivity index (χ2v) is 7.34. The monoisotopic (exact) mass is 348 g/mol. The summed E-state index contributed by atoms with van der Waals surface area (Å²) in [4.78, 5) is 11.1. The second-order valence-electron chi connectivity index (χ2n) is 5.78. The first kappa shape index (κ1) is 16.8. The van der Waals surface area contributed by atoms with Gasteiger partial charge in [0.05, 0.1) is 10.6 Å². The van der Waals surface area contributed by atoms with Gasteiger partial charge in [0.1, 0.15) is 18.2 Å². The average Bonchev–Trinajstić information content (AvgIpc) is 2.54. The Morgan fingerprint density at radius 2 is 2.04 bits per heavy atom. The number of nitrogens with two attached hydrogens (primary N) is 1. The number of aryl methyl sites for hydroxylation is 1. The van der Waals surface area contributed by atoms with E-state index in [1.165, 1.54) is 17.7 Å². The smallest absolute Gasteiger partial charge is 0.238 e. The molecule has 0 bridgehead atoms. The number of rotatable bonds is 5. The molecule has 0 spiro atoms. The number of aromatic nitrogens is 2. The number of hydrogen-bond donors (Lipinski definition) is 1. The molecule has 24 heavy (non-hydrogen) atoms. The first-order valence-electron chi connectivity index (χ1n) is 7.71. The maximum atomic E-state index is 11.2. The third-order valence-corrected chi connectivity index (χ3v) is 4.90. The number of nitrogens with zero attached hydrogens (tertiary/aromatic N) is 3. The highest BCUT2D eigenvalue weighted by molar-refractivity contribution is 7.89. The van der Waals surface area contributed by atoms with Crippen LogP contribution >= 0.6 is 0 Å². The van der Waals surface area contributed by atoms with Crippen LogP contribution < -0.4 is 9.88 Å². The van der Waals surface area contributed by atoms with Crippen molar-refractivity contribution in [3.05, 3.63) is 47.5 Å². The summed E-state index contributed by atoms with van der Waals surface area (Å²) in [6, 6.07) is 6.12. The summed E-state index contributed by atoms with van der Waals surface area (Å²) in [5.41, 5.74) is 2.31. The molecule has 0 unspecified atom stereocenters. The molecular formula is C16H20N4O3S. The number of sulfonamides is 1. The maximum Gasteiger partial charge on any atom is 0.238 e. The normalized spacial score (nSPS) is 15.1. The van der Waals surface area contributed by atoms with E-state index in [-0.39, 0.29) is 4.90 Å². The van der Waals surface area contributed by atoms with E-state index >= 15 is 0 Å². The number of primary sulfonamides is 1. The molecule has 0 aliphatic carbocycles. The zero-order chi connectivity index (χ0) is 17.2. The lowest BCUT2D eigenvalue weighted by atomic mass is 10.1. The van der Waals surface area contributed by atoms with Crippen molar-refractivity contribution in [2.24, 2.45) is 5.14 Å². The molecule has 2 heterocycles. The molecule has 2 aromatic rings. The van der Waals surface area contributed by atoms with E-state index in [4.69, 9.17) is 9.88 Å². The number of hydrogen-bond acceptors (Lipinski definition) is 6. The van der Waals surface area contributed by atoms with E-state index in [0.29, 0.717) is 12.4 Å². The number of fused-ring (bicyclic) bond motifs is 1. The van der Waals surface area contributed by atoms with E-state index in [1.807, 2.05) is 13.1 Å². The Labute approximate surface area is 141 Å². The Bertz CT molecular complexity index is 822. The predicted molar refractivity (Wildman–Crippen MR) is 89.1 cm³/mol. The lowest BCUT2D eigenvalue weighted by molar-refractivity contribution is 0.193. The van der Waals surface area contributed by atoms with Crippen molar-refractivity contribution in [3.63, 3.8) is 0 Å². The number of benzene rings is 1. The van der Waals surface area contributed by atoms with E-state index in [1.54, 1.807) is 12.1 Å². The molecule has 0 atom stereocenters. The van der Waals surface area contributed by atoms with Gasteiger partial charge in [-0.1, -0.05) is 0 Å². The standard InChI is InChI=1S/C16H20N4O3S/c1-12-18-10-13-6-7-20(11-16(13)19-12)8-9-23-14-2-4-15(5-3-14)24(17,21)22/h2-5,10H,6-9,11H2,1H3,(H2,17,21,22). The van der Waals surface area contributed by atoms with Gasteiger partial charge in [0.15, 0.2) is 0 Å². The van der Waals surface area contributed by atoms with Gasteiger partial charge in [-0.25, -0.2) is 23.5 Å². The van der Waals surface area contributed by atoms with E-state index in [2.05, 4.69) is 14.9 Å². The fourth-order valence-corrected chi connectivity index (χ4v) is 3.18. The topological polar surface area (TPSA) is 98.4 Å². The van der Waals surface area contributed by atoms with Gasteiger partial charge in [-0.05, 0) is 43.2 Å². The van der Waals surface area contributed by atoms with Crippen molar-refractivity contribution in [1.82, 2.24) is 14.9 Å². The maximum absolute atomic E-state index is 11.2. The van der Waals surface area contributed by atoms with Crippen LogP contribution in [0.4, 0.5) is 0 Å². The van der Waals surface area contributed by atoms with Crippen molar-refractivity contribution >= 4 is 10.0 Å². The molecule has 8 heteroatoms. The van der Waals surface area contributed by atoms with Gasteiger partial charge in [-0.3, -0.25) is 4.90 Å². The highest BCUT2D eigenvalue weighted by Gasteiger charge is 2.17. The van der Waals surface area contributed by atoms with Crippen molar-refractivity contribution in [2.45, 2.75) is 24.8 Å². The highest BCUT2D eigenvalue weighted by Crippen LogP contribution is 2.17. The quantitative estimate of drug-likeness (QED) is 0.861. The van der Waals surface area contributed by atoms with Crippen molar-refractivity contribution in [2.75, 3.05) is 19.7 Å². The minimum absolute atomic E-state index is 0.0811. The first-order valence-corrected chi connectivity index (χ1v) is 9.26. The van der Waals surface area contributed by atoms with Crippen LogP contribution in [0.3, 0.4) is 0 Å². The van der Waals surface area contributed by atoms with Crippen LogP contribution in [-0.2, 0) is 23.0 Å². The molecule has 1 aromatic carbocycles. The number of ether oxygens (including phenoxy) is 1. The van der Waals surface area contributed by atoms with Crippen LogP contribution in [0, 0.1) is 6.92 Å². The summed E-state index contributed by atoms with van der Waals surface area (Å²) in [5, 5.41) is 5.07. The molecule has 0 fully saturated rings. The Morgan fingerprint density at radius 3 is 2.75 bits per heavy atom.